The maximum absolute atomic E-state index is 13.5. The van der Waals surface area contributed by atoms with Crippen molar-refractivity contribution in [3.63, 3.8) is 0 Å². The van der Waals surface area contributed by atoms with Crippen molar-refractivity contribution in [2.45, 2.75) is 4.90 Å². The van der Waals surface area contributed by atoms with Crippen LogP contribution in [0, 0.1) is 11.6 Å². The van der Waals surface area contributed by atoms with Crippen molar-refractivity contribution in [3.8, 4) is 5.75 Å². The van der Waals surface area contributed by atoms with E-state index in [0.29, 0.717) is 12.1 Å². The molecule has 0 aromatic heterocycles. The van der Waals surface area contributed by atoms with E-state index in [0.717, 1.165) is 12.1 Å². The monoisotopic (exact) mass is 319 g/mol. The molecule has 2 aromatic rings. The Hall–Kier alpha value is -1.86. The Morgan fingerprint density at radius 1 is 1.10 bits per heavy atom. The molecule has 0 unspecified atom stereocenters. The lowest BCUT2D eigenvalue weighted by atomic mass is 10.3. The first-order valence-corrected chi connectivity index (χ1v) is 7.12. The molecule has 2 N–H and O–H groups in total. The van der Waals surface area contributed by atoms with Crippen LogP contribution in [0.15, 0.2) is 41.3 Å². The van der Waals surface area contributed by atoms with Gasteiger partial charge in [0.1, 0.15) is 22.3 Å². The van der Waals surface area contributed by atoms with Gasteiger partial charge in [-0.15, -0.1) is 0 Å². The molecule has 0 spiro atoms. The van der Waals surface area contributed by atoms with Gasteiger partial charge in [0, 0.05) is 0 Å². The first-order chi connectivity index (χ1) is 9.29. The minimum absolute atomic E-state index is 0.0106. The number of nitrogens with one attached hydrogen (secondary N) is 1. The molecular formula is C12H8ClF2NO3S. The number of hydrogen-bond acceptors (Lipinski definition) is 3. The molecule has 8 heteroatoms. The minimum Gasteiger partial charge on any atom is -0.506 e. The summed E-state index contributed by atoms with van der Waals surface area (Å²) in [6.45, 7) is 0. The Morgan fingerprint density at radius 2 is 1.80 bits per heavy atom. The van der Waals surface area contributed by atoms with Gasteiger partial charge in [0.2, 0.25) is 0 Å². The maximum atomic E-state index is 13.5. The zero-order valence-corrected chi connectivity index (χ0v) is 11.3. The molecule has 0 radical (unpaired) electrons. The van der Waals surface area contributed by atoms with E-state index in [1.165, 1.54) is 12.1 Å². The van der Waals surface area contributed by atoms with Gasteiger partial charge in [-0.2, -0.15) is 0 Å². The molecule has 0 fully saturated rings. The third-order valence-electron chi connectivity index (χ3n) is 2.38. The Balaban J connectivity index is 2.40. The maximum Gasteiger partial charge on any atom is 0.264 e. The minimum atomic E-state index is -4.30. The van der Waals surface area contributed by atoms with Gasteiger partial charge < -0.3 is 5.11 Å². The van der Waals surface area contributed by atoms with Gasteiger partial charge in [-0.05, 0) is 36.4 Å². The van der Waals surface area contributed by atoms with Gasteiger partial charge in [0.15, 0.2) is 0 Å². The van der Waals surface area contributed by atoms with Crippen LogP contribution in [-0.4, -0.2) is 13.5 Å². The van der Waals surface area contributed by atoms with Crippen molar-refractivity contribution in [1.82, 2.24) is 0 Å². The molecule has 0 amide bonds. The van der Waals surface area contributed by atoms with Crippen molar-refractivity contribution in [2.75, 3.05) is 4.72 Å². The zero-order chi connectivity index (χ0) is 14.9. The summed E-state index contributed by atoms with van der Waals surface area (Å²) in [5, 5.41) is 9.14. The van der Waals surface area contributed by atoms with Crippen molar-refractivity contribution in [2.24, 2.45) is 0 Å². The Kier molecular flexibility index (Phi) is 3.82. The Labute approximate surface area is 118 Å². The average Bonchev–Trinajstić information content (AvgIpc) is 2.36. The number of phenols is 1. The largest absolute Gasteiger partial charge is 0.506 e. The van der Waals surface area contributed by atoms with Crippen LogP contribution < -0.4 is 4.72 Å². The third-order valence-corrected chi connectivity index (χ3v) is 4.08. The number of benzene rings is 2. The second-order valence-corrected chi connectivity index (χ2v) is 5.90. The quantitative estimate of drug-likeness (QED) is 0.854. The lowest BCUT2D eigenvalue weighted by Gasteiger charge is -2.09. The number of sulfonamides is 1. The van der Waals surface area contributed by atoms with Crippen LogP contribution >= 0.6 is 11.6 Å². The second kappa shape index (κ2) is 5.26. The molecule has 0 aliphatic rings. The molecule has 0 bridgehead atoms. The third kappa shape index (κ3) is 3.00. The van der Waals surface area contributed by atoms with E-state index in [4.69, 9.17) is 11.6 Å². The van der Waals surface area contributed by atoms with Crippen molar-refractivity contribution < 1.29 is 22.3 Å². The van der Waals surface area contributed by atoms with E-state index in [2.05, 4.69) is 0 Å². The summed E-state index contributed by atoms with van der Waals surface area (Å²) in [5.74, 6) is -2.19. The SMILES string of the molecule is O=S(=O)(Nc1ccc(O)c(Cl)c1)c1cc(F)ccc1F. The van der Waals surface area contributed by atoms with Crippen molar-refractivity contribution >= 4 is 27.3 Å². The fourth-order valence-electron chi connectivity index (χ4n) is 1.46. The molecule has 0 saturated heterocycles. The number of aromatic hydroxyl groups is 1. The molecule has 0 atom stereocenters. The van der Waals surface area contributed by atoms with Gasteiger partial charge in [0.25, 0.3) is 10.0 Å². The molecule has 0 aliphatic carbocycles. The number of rotatable bonds is 3. The van der Waals surface area contributed by atoms with Crippen molar-refractivity contribution in [1.29, 1.82) is 0 Å². The smallest absolute Gasteiger partial charge is 0.264 e. The van der Waals surface area contributed by atoms with Crippen LogP contribution in [0.25, 0.3) is 0 Å². The topological polar surface area (TPSA) is 66.4 Å². The summed E-state index contributed by atoms with van der Waals surface area (Å²) in [6, 6.07) is 5.64. The molecule has 0 heterocycles. The standard InChI is InChI=1S/C12H8ClF2NO3S/c13-9-6-8(2-4-11(9)17)16-20(18,19)12-5-7(14)1-3-10(12)15/h1-6,16-17H. The van der Waals surface area contributed by atoms with E-state index >= 15 is 0 Å². The highest BCUT2D eigenvalue weighted by Gasteiger charge is 2.20. The summed E-state index contributed by atoms with van der Waals surface area (Å²) in [6.07, 6.45) is 0. The Bertz CT molecular complexity index is 765. The summed E-state index contributed by atoms with van der Waals surface area (Å²) in [7, 11) is -4.30. The lowest BCUT2D eigenvalue weighted by Crippen LogP contribution is -2.14. The molecule has 2 aromatic carbocycles. The number of halogens is 3. The van der Waals surface area contributed by atoms with E-state index in [-0.39, 0.29) is 16.5 Å². The number of anilines is 1. The molecule has 0 saturated carbocycles. The first-order valence-electron chi connectivity index (χ1n) is 5.26. The molecule has 0 aliphatic heterocycles. The van der Waals surface area contributed by atoms with E-state index in [1.807, 2.05) is 4.72 Å². The first kappa shape index (κ1) is 14.5. The van der Waals surface area contributed by atoms with Gasteiger partial charge in [0.05, 0.1) is 10.7 Å². The summed E-state index contributed by atoms with van der Waals surface area (Å²) < 4.78 is 52.4. The van der Waals surface area contributed by atoms with Crippen LogP contribution in [0.5, 0.6) is 5.75 Å². The lowest BCUT2D eigenvalue weighted by molar-refractivity contribution is 0.475. The van der Waals surface area contributed by atoms with E-state index in [9.17, 15) is 22.3 Å². The normalized spacial score (nSPS) is 11.3. The summed E-state index contributed by atoms with van der Waals surface area (Å²) in [5.41, 5.74) is 0.0106. The molecular weight excluding hydrogens is 312 g/mol. The number of phenolic OH excluding ortho intramolecular Hbond substituents is 1. The van der Waals surface area contributed by atoms with Gasteiger partial charge in [-0.25, -0.2) is 17.2 Å². The van der Waals surface area contributed by atoms with Crippen LogP contribution in [0.1, 0.15) is 0 Å². The van der Waals surface area contributed by atoms with Crippen LogP contribution in [0.4, 0.5) is 14.5 Å². The zero-order valence-electron chi connectivity index (χ0n) is 9.77. The van der Waals surface area contributed by atoms with Crippen LogP contribution in [0.3, 0.4) is 0 Å². The van der Waals surface area contributed by atoms with Crippen LogP contribution in [-0.2, 0) is 10.0 Å². The Morgan fingerprint density at radius 3 is 2.45 bits per heavy atom. The van der Waals surface area contributed by atoms with Gasteiger partial charge in [-0.3, -0.25) is 4.72 Å². The molecule has 106 valence electrons. The van der Waals surface area contributed by atoms with Crippen LogP contribution in [0.2, 0.25) is 5.02 Å². The fraction of sp³-hybridized carbons (Fsp3) is 0. The summed E-state index contributed by atoms with van der Waals surface area (Å²) >= 11 is 5.63. The molecule has 20 heavy (non-hydrogen) atoms. The highest BCUT2D eigenvalue weighted by molar-refractivity contribution is 7.92. The van der Waals surface area contributed by atoms with Crippen molar-refractivity contribution in [3.05, 3.63) is 53.1 Å². The highest BCUT2D eigenvalue weighted by atomic mass is 35.5. The van der Waals surface area contributed by atoms with Gasteiger partial charge in [-0.1, -0.05) is 11.6 Å². The average molecular weight is 320 g/mol. The summed E-state index contributed by atoms with van der Waals surface area (Å²) in [4.78, 5) is -0.818. The predicted octanol–water partition coefficient (Wildman–Crippen LogP) is 3.12. The van der Waals surface area contributed by atoms with E-state index < -0.39 is 26.6 Å². The predicted molar refractivity (Wildman–Crippen MR) is 70.3 cm³/mol. The fourth-order valence-corrected chi connectivity index (χ4v) is 2.78. The molecule has 4 nitrogen and oxygen atoms in total. The second-order valence-electron chi connectivity index (χ2n) is 3.85. The number of hydrogen-bond donors (Lipinski definition) is 2. The highest BCUT2D eigenvalue weighted by Crippen LogP contribution is 2.28. The molecule has 2 rings (SSSR count). The van der Waals surface area contributed by atoms with E-state index in [1.54, 1.807) is 0 Å². The van der Waals surface area contributed by atoms with Gasteiger partial charge >= 0.3 is 0 Å².